The van der Waals surface area contributed by atoms with Gasteiger partial charge in [0.2, 0.25) is 0 Å². The topological polar surface area (TPSA) is 57.8 Å². The third-order valence-corrected chi connectivity index (χ3v) is 3.16. The van der Waals surface area contributed by atoms with Crippen LogP contribution in [0.3, 0.4) is 0 Å². The van der Waals surface area contributed by atoms with Crippen molar-refractivity contribution in [2.45, 2.75) is 0 Å². The summed E-state index contributed by atoms with van der Waals surface area (Å²) in [4.78, 5) is 4.47. The van der Waals surface area contributed by atoms with Crippen LogP contribution in [0.1, 0.15) is 0 Å². The smallest absolute Gasteiger partial charge is 0.423 e. The maximum absolute atomic E-state index is 9.14. The van der Waals surface area contributed by atoms with Crippen LogP contribution in [0, 0.1) is 0 Å². The molecule has 19 heavy (non-hydrogen) atoms. The monoisotopic (exact) mass is 272 g/mol. The van der Waals surface area contributed by atoms with Crippen molar-refractivity contribution < 1.29 is 10.0 Å². The summed E-state index contributed by atoms with van der Waals surface area (Å²) < 4.78 is 1.76. The molecule has 94 valence electrons. The van der Waals surface area contributed by atoms with Crippen molar-refractivity contribution in [3.05, 3.63) is 53.8 Å². The molecule has 0 aliphatic rings. The van der Waals surface area contributed by atoms with Gasteiger partial charge in [0.05, 0.1) is 5.69 Å². The fourth-order valence-electron chi connectivity index (χ4n) is 1.92. The average molecular weight is 272 g/mol. The van der Waals surface area contributed by atoms with E-state index in [4.69, 9.17) is 21.6 Å². The summed E-state index contributed by atoms with van der Waals surface area (Å²) in [5.41, 5.74) is 2.93. The molecule has 0 fully saturated rings. The van der Waals surface area contributed by atoms with Crippen molar-refractivity contribution in [2.24, 2.45) is 0 Å². The van der Waals surface area contributed by atoms with E-state index in [1.54, 1.807) is 22.7 Å². The first kappa shape index (κ1) is 12.2. The zero-order chi connectivity index (χ0) is 13.4. The summed E-state index contributed by atoms with van der Waals surface area (Å²) in [6, 6.07) is 10.8. The van der Waals surface area contributed by atoms with Gasteiger partial charge in [0.1, 0.15) is 5.65 Å². The van der Waals surface area contributed by atoms with Gasteiger partial charge in [0.25, 0.3) is 0 Å². The van der Waals surface area contributed by atoms with Gasteiger partial charge in [0, 0.05) is 23.0 Å². The highest BCUT2D eigenvalue weighted by atomic mass is 35.5. The van der Waals surface area contributed by atoms with Crippen molar-refractivity contribution in [3.8, 4) is 11.3 Å². The summed E-state index contributed by atoms with van der Waals surface area (Å²) in [5.74, 6) is 0. The molecule has 3 rings (SSSR count). The third kappa shape index (κ3) is 2.36. The minimum atomic E-state index is -1.48. The molecule has 0 amide bonds. The van der Waals surface area contributed by atoms with Gasteiger partial charge >= 0.3 is 7.12 Å². The van der Waals surface area contributed by atoms with Gasteiger partial charge in [-0.1, -0.05) is 29.8 Å². The summed E-state index contributed by atoms with van der Waals surface area (Å²) in [7, 11) is -1.48. The molecule has 4 nitrogen and oxygen atoms in total. The Labute approximate surface area is 115 Å². The Balaban J connectivity index is 2.08. The van der Waals surface area contributed by atoms with Gasteiger partial charge in [0.15, 0.2) is 0 Å². The molecule has 0 saturated heterocycles. The number of imidazole rings is 1. The highest BCUT2D eigenvalue weighted by Crippen LogP contribution is 2.20. The summed E-state index contributed by atoms with van der Waals surface area (Å²) in [6.07, 6.45) is 3.48. The molecule has 0 saturated carbocycles. The lowest BCUT2D eigenvalue weighted by Gasteiger charge is -1.99. The van der Waals surface area contributed by atoms with Crippen LogP contribution in [0.2, 0.25) is 5.02 Å². The van der Waals surface area contributed by atoms with E-state index in [2.05, 4.69) is 4.98 Å². The molecule has 0 radical (unpaired) electrons. The molecule has 0 unspecified atom stereocenters. The second kappa shape index (κ2) is 4.70. The Morgan fingerprint density at radius 2 is 1.74 bits per heavy atom. The van der Waals surface area contributed by atoms with Crippen LogP contribution in [0.25, 0.3) is 16.9 Å². The number of aromatic nitrogens is 2. The molecular weight excluding hydrogens is 262 g/mol. The number of pyridine rings is 1. The molecular formula is C13H10BClN2O2. The first-order chi connectivity index (χ1) is 9.13. The van der Waals surface area contributed by atoms with Gasteiger partial charge in [-0.2, -0.15) is 0 Å². The second-order valence-corrected chi connectivity index (χ2v) is 4.67. The van der Waals surface area contributed by atoms with Crippen LogP contribution in [-0.2, 0) is 0 Å². The van der Waals surface area contributed by atoms with E-state index in [1.165, 1.54) is 0 Å². The molecule has 2 heterocycles. The standard InChI is InChI=1S/C13H10BClN2O2/c15-11-4-1-9(2-5-11)12-8-17-7-10(14(18)19)3-6-13(17)16-12/h1-8,18-19H. The first-order valence-electron chi connectivity index (χ1n) is 5.74. The lowest BCUT2D eigenvalue weighted by Crippen LogP contribution is -2.30. The van der Waals surface area contributed by atoms with Crippen LogP contribution in [-0.4, -0.2) is 26.6 Å². The number of benzene rings is 1. The second-order valence-electron chi connectivity index (χ2n) is 4.23. The molecule has 0 bridgehead atoms. The van der Waals surface area contributed by atoms with Crippen LogP contribution < -0.4 is 5.46 Å². The molecule has 2 N–H and O–H groups in total. The van der Waals surface area contributed by atoms with Crippen molar-refractivity contribution in [3.63, 3.8) is 0 Å². The largest absolute Gasteiger partial charge is 0.489 e. The Morgan fingerprint density at radius 3 is 2.42 bits per heavy atom. The predicted octanol–water partition coefficient (Wildman–Crippen LogP) is 1.33. The minimum Gasteiger partial charge on any atom is -0.423 e. The molecule has 0 spiro atoms. The lowest BCUT2D eigenvalue weighted by molar-refractivity contribution is 0.425. The molecule has 0 aliphatic carbocycles. The molecule has 1 aromatic carbocycles. The normalized spacial score (nSPS) is 10.9. The van der Waals surface area contributed by atoms with Crippen LogP contribution in [0.4, 0.5) is 0 Å². The number of fused-ring (bicyclic) bond motifs is 1. The maximum Gasteiger partial charge on any atom is 0.489 e. The van der Waals surface area contributed by atoms with E-state index in [-0.39, 0.29) is 0 Å². The van der Waals surface area contributed by atoms with Crippen molar-refractivity contribution in [1.82, 2.24) is 9.38 Å². The number of rotatable bonds is 2. The number of hydrogen-bond acceptors (Lipinski definition) is 3. The van der Waals surface area contributed by atoms with E-state index >= 15 is 0 Å². The van der Waals surface area contributed by atoms with E-state index in [0.717, 1.165) is 16.9 Å². The number of halogens is 1. The lowest BCUT2D eigenvalue weighted by atomic mass is 9.82. The minimum absolute atomic E-state index is 0.424. The van der Waals surface area contributed by atoms with Crippen LogP contribution in [0.5, 0.6) is 0 Å². The summed E-state index contributed by atoms with van der Waals surface area (Å²) in [6.45, 7) is 0. The van der Waals surface area contributed by atoms with E-state index in [0.29, 0.717) is 10.5 Å². The fraction of sp³-hybridized carbons (Fsp3) is 0. The SMILES string of the molecule is OB(O)c1ccc2nc(-c3ccc(Cl)cc3)cn2c1. The summed E-state index contributed by atoms with van der Waals surface area (Å²) in [5, 5.41) is 19.0. The maximum atomic E-state index is 9.14. The van der Waals surface area contributed by atoms with Crippen molar-refractivity contribution >= 4 is 29.8 Å². The van der Waals surface area contributed by atoms with Crippen LogP contribution in [0.15, 0.2) is 48.8 Å². The highest BCUT2D eigenvalue weighted by molar-refractivity contribution is 6.58. The number of nitrogens with zero attached hydrogens (tertiary/aromatic N) is 2. The zero-order valence-corrected chi connectivity index (χ0v) is 10.6. The molecule has 6 heteroatoms. The van der Waals surface area contributed by atoms with Crippen molar-refractivity contribution in [1.29, 1.82) is 0 Å². The van der Waals surface area contributed by atoms with Gasteiger partial charge in [-0.05, 0) is 23.7 Å². The average Bonchev–Trinajstić information content (AvgIpc) is 2.82. The highest BCUT2D eigenvalue weighted by Gasteiger charge is 2.12. The first-order valence-corrected chi connectivity index (χ1v) is 6.12. The van der Waals surface area contributed by atoms with Gasteiger partial charge < -0.3 is 14.4 Å². The zero-order valence-electron chi connectivity index (χ0n) is 9.86. The molecule has 0 atom stereocenters. The Hall–Kier alpha value is -1.82. The van der Waals surface area contributed by atoms with E-state index in [9.17, 15) is 0 Å². The van der Waals surface area contributed by atoms with Crippen molar-refractivity contribution in [2.75, 3.05) is 0 Å². The van der Waals surface area contributed by atoms with Crippen LogP contribution >= 0.6 is 11.6 Å². The quantitative estimate of drug-likeness (QED) is 0.692. The fourth-order valence-corrected chi connectivity index (χ4v) is 2.05. The van der Waals surface area contributed by atoms with Gasteiger partial charge in [-0.15, -0.1) is 0 Å². The Bertz CT molecular complexity index is 725. The number of hydrogen-bond donors (Lipinski definition) is 2. The molecule has 3 aromatic rings. The van der Waals surface area contributed by atoms with E-state index in [1.807, 2.05) is 30.5 Å². The molecule has 2 aromatic heterocycles. The molecule has 0 aliphatic heterocycles. The predicted molar refractivity (Wildman–Crippen MR) is 75.5 cm³/mol. The Morgan fingerprint density at radius 1 is 1.00 bits per heavy atom. The van der Waals surface area contributed by atoms with E-state index < -0.39 is 7.12 Å². The third-order valence-electron chi connectivity index (χ3n) is 2.91. The van der Waals surface area contributed by atoms with Gasteiger partial charge in [-0.25, -0.2) is 4.98 Å². The Kier molecular flexibility index (Phi) is 3.02. The summed E-state index contributed by atoms with van der Waals surface area (Å²) >= 11 is 5.85. The van der Waals surface area contributed by atoms with Gasteiger partial charge in [-0.3, -0.25) is 0 Å².